The van der Waals surface area contributed by atoms with Gasteiger partial charge in [-0.3, -0.25) is 14.9 Å². The lowest BCUT2D eigenvalue weighted by Gasteiger charge is -2.37. The summed E-state index contributed by atoms with van der Waals surface area (Å²) in [6.45, 7) is 1.14. The van der Waals surface area contributed by atoms with E-state index in [1.165, 1.54) is 23.9 Å². The van der Waals surface area contributed by atoms with Gasteiger partial charge in [0.1, 0.15) is 11.8 Å². The lowest BCUT2D eigenvalue weighted by atomic mass is 9.77. The quantitative estimate of drug-likeness (QED) is 0.131. The molecule has 4 aromatic rings. The van der Waals surface area contributed by atoms with Gasteiger partial charge in [-0.1, -0.05) is 103 Å². The number of nitrogens with one attached hydrogen (secondary N) is 2. The third-order valence-electron chi connectivity index (χ3n) is 7.26. The van der Waals surface area contributed by atoms with Crippen LogP contribution in [0, 0.1) is 0 Å². The smallest absolute Gasteiger partial charge is 0.282 e. The van der Waals surface area contributed by atoms with Crippen LogP contribution in [0.1, 0.15) is 29.5 Å². The van der Waals surface area contributed by atoms with Crippen molar-refractivity contribution in [1.29, 1.82) is 0 Å². The Hall–Kier alpha value is -4.07. The molecule has 1 atom stereocenters. The van der Waals surface area contributed by atoms with Gasteiger partial charge in [0, 0.05) is 24.5 Å². The molecule has 2 amide bonds. The van der Waals surface area contributed by atoms with Gasteiger partial charge >= 0.3 is 0 Å². The van der Waals surface area contributed by atoms with Gasteiger partial charge < -0.3 is 15.3 Å². The number of thioether (sulfide) groups is 1. The topological polar surface area (TPSA) is 81.7 Å². The summed E-state index contributed by atoms with van der Waals surface area (Å²) in [5.74, 6) is 0.485. The lowest BCUT2D eigenvalue weighted by Crippen LogP contribution is -2.46. The Labute approximate surface area is 239 Å². The van der Waals surface area contributed by atoms with Gasteiger partial charge in [-0.25, -0.2) is 0 Å². The Morgan fingerprint density at radius 2 is 1.32 bits per heavy atom. The summed E-state index contributed by atoms with van der Waals surface area (Å²) < 4.78 is 0. The van der Waals surface area contributed by atoms with Gasteiger partial charge in [0.05, 0.1) is 5.54 Å². The van der Waals surface area contributed by atoms with Crippen molar-refractivity contribution in [3.05, 3.63) is 132 Å². The molecule has 6 nitrogen and oxygen atoms in total. The molecule has 204 valence electrons. The van der Waals surface area contributed by atoms with Gasteiger partial charge in [0.25, 0.3) is 5.24 Å². The minimum Gasteiger partial charge on any atom is -0.508 e. The maximum absolute atomic E-state index is 13.2. The van der Waals surface area contributed by atoms with E-state index in [1.807, 2.05) is 54.6 Å². The number of hydrogen-bond acceptors (Lipinski definition) is 5. The summed E-state index contributed by atoms with van der Waals surface area (Å²) in [5.41, 5.74) is 3.36. The molecule has 0 spiro atoms. The van der Waals surface area contributed by atoms with Crippen LogP contribution < -0.4 is 10.6 Å². The average Bonchev–Trinajstić information content (AvgIpc) is 3.50. The van der Waals surface area contributed by atoms with Crippen LogP contribution in [0.5, 0.6) is 5.75 Å². The SMILES string of the molecule is O=C(Nc1ccc(O)cc1)[C@@H]1CCCN1C(=O)SCCNC(c1ccccc1)(c1ccccc1)c1ccccc1. The standard InChI is InChI=1S/C33H33N3O3S/c37-29-20-18-28(19-21-29)35-31(38)30-17-10-23-36(30)32(39)40-24-22-34-33(25-11-4-1-5-12-25,26-13-6-2-7-14-26)27-15-8-3-9-16-27/h1-9,11-16,18-21,30,34,37H,10,17,22-24H2,(H,35,38)/t30-/m0/s1. The van der Waals surface area contributed by atoms with Crippen molar-refractivity contribution in [2.45, 2.75) is 24.4 Å². The molecule has 0 aliphatic carbocycles. The van der Waals surface area contributed by atoms with Crippen LogP contribution in [0.3, 0.4) is 0 Å². The Bertz CT molecular complexity index is 1300. The third kappa shape index (κ3) is 6.06. The number of carbonyl (C=O) groups excluding carboxylic acids is 2. The molecule has 0 saturated carbocycles. The number of phenols is 1. The van der Waals surface area contributed by atoms with Crippen LogP contribution in [0.4, 0.5) is 10.5 Å². The molecule has 1 aliphatic heterocycles. The molecular formula is C33H33N3O3S. The Morgan fingerprint density at radius 3 is 1.85 bits per heavy atom. The molecule has 1 aliphatic rings. The molecule has 0 aromatic heterocycles. The monoisotopic (exact) mass is 551 g/mol. The van der Waals surface area contributed by atoms with Crippen molar-refractivity contribution in [2.24, 2.45) is 0 Å². The summed E-state index contributed by atoms with van der Waals surface area (Å²) in [4.78, 5) is 27.9. The average molecular weight is 552 g/mol. The van der Waals surface area contributed by atoms with Crippen LogP contribution in [0.2, 0.25) is 0 Å². The summed E-state index contributed by atoms with van der Waals surface area (Å²) >= 11 is 1.24. The molecule has 40 heavy (non-hydrogen) atoms. The maximum Gasteiger partial charge on any atom is 0.282 e. The Morgan fingerprint density at radius 1 is 0.800 bits per heavy atom. The molecule has 0 bridgehead atoms. The first-order chi connectivity index (χ1) is 19.6. The second-order valence-electron chi connectivity index (χ2n) is 9.78. The van der Waals surface area contributed by atoms with E-state index in [0.29, 0.717) is 31.0 Å². The predicted molar refractivity (Wildman–Crippen MR) is 162 cm³/mol. The number of aromatic hydroxyl groups is 1. The zero-order valence-corrected chi connectivity index (χ0v) is 23.0. The summed E-state index contributed by atoms with van der Waals surface area (Å²) in [6.07, 6.45) is 1.42. The molecule has 1 saturated heterocycles. The van der Waals surface area contributed by atoms with E-state index >= 15 is 0 Å². The number of carbonyl (C=O) groups is 2. The van der Waals surface area contributed by atoms with Gasteiger partial charge in [0.2, 0.25) is 5.91 Å². The minimum atomic E-state index is -0.590. The van der Waals surface area contributed by atoms with Gasteiger partial charge in [-0.05, 0) is 53.8 Å². The Balaban J connectivity index is 1.28. The first-order valence-corrected chi connectivity index (χ1v) is 14.5. The van der Waals surface area contributed by atoms with E-state index in [9.17, 15) is 14.7 Å². The van der Waals surface area contributed by atoms with E-state index in [0.717, 1.165) is 23.1 Å². The number of phenolic OH excluding ortho intramolecular Hbond substituents is 1. The zero-order chi connectivity index (χ0) is 27.8. The summed E-state index contributed by atoms with van der Waals surface area (Å²) in [5, 5.41) is 16.1. The second-order valence-corrected chi connectivity index (χ2v) is 10.8. The second kappa shape index (κ2) is 12.9. The largest absolute Gasteiger partial charge is 0.508 e. The first-order valence-electron chi connectivity index (χ1n) is 13.5. The van der Waals surface area contributed by atoms with Crippen molar-refractivity contribution < 1.29 is 14.7 Å². The number of likely N-dealkylation sites (tertiary alicyclic amines) is 1. The number of rotatable bonds is 9. The van der Waals surface area contributed by atoms with Crippen molar-refractivity contribution in [1.82, 2.24) is 10.2 Å². The summed E-state index contributed by atoms with van der Waals surface area (Å²) in [6, 6.07) is 37.0. The highest BCUT2D eigenvalue weighted by Crippen LogP contribution is 2.36. The molecule has 1 heterocycles. The molecular weight excluding hydrogens is 518 g/mol. The van der Waals surface area contributed by atoms with Crippen molar-refractivity contribution in [3.8, 4) is 5.75 Å². The van der Waals surface area contributed by atoms with Crippen LogP contribution in [-0.2, 0) is 10.3 Å². The zero-order valence-electron chi connectivity index (χ0n) is 22.2. The predicted octanol–water partition coefficient (Wildman–Crippen LogP) is 6.23. The molecule has 3 N–H and O–H groups in total. The van der Waals surface area contributed by atoms with Crippen LogP contribution in [-0.4, -0.2) is 46.0 Å². The Kier molecular flexibility index (Phi) is 8.84. The molecule has 0 unspecified atom stereocenters. The molecule has 5 rings (SSSR count). The van der Waals surface area contributed by atoms with E-state index < -0.39 is 11.6 Å². The van der Waals surface area contributed by atoms with E-state index in [4.69, 9.17) is 0 Å². The number of hydrogen-bond donors (Lipinski definition) is 3. The normalized spacial score (nSPS) is 15.1. The first kappa shape index (κ1) is 27.5. The summed E-state index contributed by atoms with van der Waals surface area (Å²) in [7, 11) is 0. The fourth-order valence-corrected chi connectivity index (χ4v) is 6.12. The van der Waals surface area contributed by atoms with Gasteiger partial charge in [-0.15, -0.1) is 0 Å². The lowest BCUT2D eigenvalue weighted by molar-refractivity contribution is -0.119. The molecule has 1 fully saturated rings. The van der Waals surface area contributed by atoms with Crippen molar-refractivity contribution >= 4 is 28.6 Å². The van der Waals surface area contributed by atoms with E-state index in [2.05, 4.69) is 47.0 Å². The molecule has 4 aromatic carbocycles. The highest BCUT2D eigenvalue weighted by Gasteiger charge is 2.37. The van der Waals surface area contributed by atoms with Crippen molar-refractivity contribution in [3.63, 3.8) is 0 Å². The van der Waals surface area contributed by atoms with Crippen LogP contribution in [0.25, 0.3) is 0 Å². The number of benzene rings is 4. The fraction of sp³-hybridized carbons (Fsp3) is 0.212. The third-order valence-corrected chi connectivity index (χ3v) is 8.15. The number of nitrogens with zero attached hydrogens (tertiary/aromatic N) is 1. The van der Waals surface area contributed by atoms with Gasteiger partial charge in [0.15, 0.2) is 0 Å². The fourth-order valence-electron chi connectivity index (χ4n) is 5.36. The highest BCUT2D eigenvalue weighted by molar-refractivity contribution is 8.13. The highest BCUT2D eigenvalue weighted by atomic mass is 32.2. The van der Waals surface area contributed by atoms with Crippen LogP contribution >= 0.6 is 11.8 Å². The van der Waals surface area contributed by atoms with E-state index in [1.54, 1.807) is 17.0 Å². The van der Waals surface area contributed by atoms with Crippen LogP contribution in [0.15, 0.2) is 115 Å². The molecule has 7 heteroatoms. The van der Waals surface area contributed by atoms with Crippen molar-refractivity contribution in [2.75, 3.05) is 24.2 Å². The molecule has 0 radical (unpaired) electrons. The van der Waals surface area contributed by atoms with Gasteiger partial charge in [-0.2, -0.15) is 0 Å². The van der Waals surface area contributed by atoms with E-state index in [-0.39, 0.29) is 16.9 Å². The number of anilines is 1. The number of amides is 2. The minimum absolute atomic E-state index is 0.0881. The maximum atomic E-state index is 13.2.